The van der Waals surface area contributed by atoms with Crippen LogP contribution in [0.3, 0.4) is 0 Å². The van der Waals surface area contributed by atoms with Gasteiger partial charge in [-0.25, -0.2) is 4.98 Å². The normalized spacial score (nSPS) is 11.8. The van der Waals surface area contributed by atoms with Crippen molar-refractivity contribution in [3.05, 3.63) is 175 Å². The second-order valence-corrected chi connectivity index (χ2v) is 14.2. The smallest absolute Gasteiger partial charge is 0.238 e. The van der Waals surface area contributed by atoms with Crippen LogP contribution in [0.25, 0.3) is 99.2 Å². The molecule has 0 atom stereocenters. The molecule has 5 nitrogen and oxygen atoms in total. The number of hydrogen-bond acceptors (Lipinski definition) is 4. The maximum atomic E-state index is 5.19. The molecule has 53 heavy (non-hydrogen) atoms. The van der Waals surface area contributed by atoms with Gasteiger partial charge >= 0.3 is 0 Å². The third kappa shape index (κ3) is 4.73. The highest BCUT2D eigenvalue weighted by Crippen LogP contribution is 2.41. The summed E-state index contributed by atoms with van der Waals surface area (Å²) in [7, 11) is 0. The lowest BCUT2D eigenvalue weighted by molar-refractivity contribution is 0.954. The van der Waals surface area contributed by atoms with Gasteiger partial charge in [0.15, 0.2) is 11.6 Å². The third-order valence-electron chi connectivity index (χ3n) is 10.3. The van der Waals surface area contributed by atoms with Gasteiger partial charge in [-0.05, 0) is 70.4 Å². The molecule has 248 valence electrons. The minimum atomic E-state index is 0.590. The van der Waals surface area contributed by atoms with Gasteiger partial charge in [-0.2, -0.15) is 9.97 Å². The number of rotatable bonds is 5. The summed E-state index contributed by atoms with van der Waals surface area (Å²) in [6.45, 7) is 0. The Kier molecular flexibility index (Phi) is 6.66. The van der Waals surface area contributed by atoms with Gasteiger partial charge < -0.3 is 4.57 Å². The van der Waals surface area contributed by atoms with Crippen LogP contribution in [0.5, 0.6) is 0 Å². The predicted octanol–water partition coefficient (Wildman–Crippen LogP) is 12.3. The lowest BCUT2D eigenvalue weighted by Crippen LogP contribution is -2.06. The number of thiophene rings is 1. The SMILES string of the molecule is c1ccc(-c2nc(-c3ccccc3)nc(-n3c4cc(-c5ccc6c(c5)c5ccccc5n6-c5ccccc5)ccc4c4c5sccc5ccc43)n2)cc1. The van der Waals surface area contributed by atoms with E-state index < -0.39 is 0 Å². The summed E-state index contributed by atoms with van der Waals surface area (Å²) in [4.78, 5) is 15.4. The van der Waals surface area contributed by atoms with Crippen molar-refractivity contribution in [1.29, 1.82) is 0 Å². The van der Waals surface area contributed by atoms with Crippen LogP contribution in [0.2, 0.25) is 0 Å². The Morgan fingerprint density at radius 1 is 0.396 bits per heavy atom. The molecule has 0 aliphatic carbocycles. The number of para-hydroxylation sites is 2. The van der Waals surface area contributed by atoms with Gasteiger partial charge in [0.05, 0.1) is 22.1 Å². The molecule has 4 heterocycles. The molecular weight excluding hydrogens is 667 g/mol. The quantitative estimate of drug-likeness (QED) is 0.180. The predicted molar refractivity (Wildman–Crippen MR) is 220 cm³/mol. The zero-order chi connectivity index (χ0) is 34.9. The maximum absolute atomic E-state index is 5.19. The van der Waals surface area contributed by atoms with E-state index in [9.17, 15) is 0 Å². The van der Waals surface area contributed by atoms with Crippen molar-refractivity contribution in [3.8, 4) is 45.5 Å². The van der Waals surface area contributed by atoms with E-state index in [1.165, 1.54) is 42.7 Å². The summed E-state index contributed by atoms with van der Waals surface area (Å²) in [6.07, 6.45) is 0. The molecule has 4 aromatic heterocycles. The zero-order valence-electron chi connectivity index (χ0n) is 28.4. The Morgan fingerprint density at radius 3 is 1.77 bits per heavy atom. The van der Waals surface area contributed by atoms with Crippen LogP contribution >= 0.6 is 11.3 Å². The van der Waals surface area contributed by atoms with Crippen molar-refractivity contribution in [3.63, 3.8) is 0 Å². The van der Waals surface area contributed by atoms with Crippen LogP contribution < -0.4 is 0 Å². The van der Waals surface area contributed by atoms with Crippen LogP contribution in [-0.4, -0.2) is 24.1 Å². The number of hydrogen-bond donors (Lipinski definition) is 0. The molecule has 0 radical (unpaired) electrons. The highest BCUT2D eigenvalue weighted by molar-refractivity contribution is 7.18. The highest BCUT2D eigenvalue weighted by Gasteiger charge is 2.21. The van der Waals surface area contributed by atoms with E-state index in [1.54, 1.807) is 11.3 Å². The summed E-state index contributed by atoms with van der Waals surface area (Å²) in [5.74, 6) is 1.86. The van der Waals surface area contributed by atoms with Crippen molar-refractivity contribution >= 4 is 65.0 Å². The van der Waals surface area contributed by atoms with Crippen molar-refractivity contribution < 1.29 is 0 Å². The molecule has 0 amide bonds. The highest BCUT2D eigenvalue weighted by atomic mass is 32.1. The van der Waals surface area contributed by atoms with Crippen LogP contribution in [-0.2, 0) is 0 Å². The van der Waals surface area contributed by atoms with Gasteiger partial charge in [0.2, 0.25) is 5.95 Å². The molecule has 0 spiro atoms. The molecule has 0 aliphatic rings. The Hall–Kier alpha value is -6.89. The molecule has 0 unspecified atom stereocenters. The van der Waals surface area contributed by atoms with Gasteiger partial charge in [-0.3, -0.25) is 4.57 Å². The lowest BCUT2D eigenvalue weighted by Gasteiger charge is -2.11. The fourth-order valence-electron chi connectivity index (χ4n) is 7.83. The summed E-state index contributed by atoms with van der Waals surface area (Å²) in [5.41, 5.74) is 9.81. The molecular formula is C47H29N5S. The molecule has 0 saturated carbocycles. The summed E-state index contributed by atoms with van der Waals surface area (Å²) >= 11 is 1.77. The summed E-state index contributed by atoms with van der Waals surface area (Å²) in [5, 5.41) is 8.24. The van der Waals surface area contributed by atoms with Gasteiger partial charge in [0.1, 0.15) is 0 Å². The maximum Gasteiger partial charge on any atom is 0.238 e. The topological polar surface area (TPSA) is 48.5 Å². The molecule has 11 aromatic rings. The fourth-order valence-corrected chi connectivity index (χ4v) is 8.78. The minimum Gasteiger partial charge on any atom is -0.309 e. The van der Waals surface area contributed by atoms with Crippen LogP contribution in [0.15, 0.2) is 175 Å². The standard InChI is InChI=1S/C47H29N5S/c1-4-12-31(13-5-1)45-48-46(32-14-6-2-7-15-32)50-47(49-45)52-41-25-21-30-26-27-53-44(30)43(41)37-23-20-34(29-42(37)52)33-22-24-40-38(28-33)36-18-10-11-19-39(36)51(40)35-16-8-3-9-17-35/h1-29H. The lowest BCUT2D eigenvalue weighted by atomic mass is 10.0. The van der Waals surface area contributed by atoms with E-state index in [-0.39, 0.29) is 0 Å². The zero-order valence-corrected chi connectivity index (χ0v) is 29.2. The number of aromatic nitrogens is 5. The molecule has 0 saturated heterocycles. The fraction of sp³-hybridized carbons (Fsp3) is 0. The van der Waals surface area contributed by atoms with Crippen LogP contribution in [0.4, 0.5) is 0 Å². The van der Waals surface area contributed by atoms with Crippen molar-refractivity contribution in [2.24, 2.45) is 0 Å². The Labute approximate surface area is 308 Å². The average Bonchev–Trinajstić information content (AvgIpc) is 3.93. The second-order valence-electron chi connectivity index (χ2n) is 13.3. The van der Waals surface area contributed by atoms with Gasteiger partial charge in [-0.15, -0.1) is 11.3 Å². The van der Waals surface area contributed by atoms with Crippen molar-refractivity contribution in [2.75, 3.05) is 0 Å². The van der Waals surface area contributed by atoms with Gasteiger partial charge in [0, 0.05) is 43.1 Å². The monoisotopic (exact) mass is 695 g/mol. The van der Waals surface area contributed by atoms with E-state index >= 15 is 0 Å². The minimum absolute atomic E-state index is 0.590. The first-order valence-corrected chi connectivity index (χ1v) is 18.6. The Balaban J connectivity index is 1.18. The molecule has 7 aromatic carbocycles. The van der Waals surface area contributed by atoms with E-state index in [1.807, 2.05) is 36.4 Å². The van der Waals surface area contributed by atoms with Gasteiger partial charge in [0.25, 0.3) is 0 Å². The van der Waals surface area contributed by atoms with E-state index in [0.29, 0.717) is 17.6 Å². The number of benzene rings is 7. The molecule has 0 bridgehead atoms. The van der Waals surface area contributed by atoms with Crippen LogP contribution in [0.1, 0.15) is 0 Å². The van der Waals surface area contributed by atoms with E-state index in [0.717, 1.165) is 39.0 Å². The van der Waals surface area contributed by atoms with Crippen LogP contribution in [0, 0.1) is 0 Å². The number of fused-ring (bicyclic) bond motifs is 8. The molecule has 0 fully saturated rings. The van der Waals surface area contributed by atoms with E-state index in [2.05, 4.69) is 148 Å². The van der Waals surface area contributed by atoms with E-state index in [4.69, 9.17) is 15.0 Å². The largest absolute Gasteiger partial charge is 0.309 e. The first-order valence-electron chi connectivity index (χ1n) is 17.7. The molecule has 6 heteroatoms. The third-order valence-corrected chi connectivity index (χ3v) is 11.2. The molecule has 0 N–H and O–H groups in total. The average molecular weight is 696 g/mol. The van der Waals surface area contributed by atoms with Gasteiger partial charge in [-0.1, -0.05) is 121 Å². The number of nitrogens with zero attached hydrogens (tertiary/aromatic N) is 5. The second kappa shape index (κ2) is 11.8. The molecule has 0 aliphatic heterocycles. The Morgan fingerprint density at radius 2 is 1.02 bits per heavy atom. The summed E-state index contributed by atoms with van der Waals surface area (Å²) < 4.78 is 5.85. The molecule has 11 rings (SSSR count). The summed E-state index contributed by atoms with van der Waals surface area (Å²) in [6, 6.07) is 59.9. The van der Waals surface area contributed by atoms with Crippen molar-refractivity contribution in [2.45, 2.75) is 0 Å². The van der Waals surface area contributed by atoms with Crippen molar-refractivity contribution in [1.82, 2.24) is 24.1 Å². The Bertz CT molecular complexity index is 3100. The first kappa shape index (κ1) is 29.8. The first-order chi connectivity index (χ1) is 26.3.